The molecule has 6 heteroatoms. The summed E-state index contributed by atoms with van der Waals surface area (Å²) in [7, 11) is 0. The Morgan fingerprint density at radius 3 is 2.26 bits per heavy atom. The zero-order valence-corrected chi connectivity index (χ0v) is 17.5. The van der Waals surface area contributed by atoms with Crippen LogP contribution >= 0.6 is 0 Å². The van der Waals surface area contributed by atoms with E-state index in [1.165, 1.54) is 24.3 Å². The van der Waals surface area contributed by atoms with Crippen molar-refractivity contribution in [3.05, 3.63) is 89.5 Å². The second kappa shape index (κ2) is 10.8. The van der Waals surface area contributed by atoms with Crippen molar-refractivity contribution in [1.29, 1.82) is 0 Å². The van der Waals surface area contributed by atoms with Crippen molar-refractivity contribution >= 4 is 11.9 Å². The zero-order chi connectivity index (χ0) is 22.1. The first-order valence-electron chi connectivity index (χ1n) is 9.87. The van der Waals surface area contributed by atoms with Gasteiger partial charge >= 0.3 is 11.9 Å². The molecule has 0 unspecified atom stereocenters. The first kappa shape index (κ1) is 21.9. The van der Waals surface area contributed by atoms with Gasteiger partial charge in [0.1, 0.15) is 30.5 Å². The normalized spacial score (nSPS) is 10.3. The second-order valence-corrected chi connectivity index (χ2v) is 6.85. The van der Waals surface area contributed by atoms with Gasteiger partial charge in [-0.1, -0.05) is 30.3 Å². The molecule has 160 valence electrons. The fourth-order valence-corrected chi connectivity index (χ4v) is 2.71. The Labute approximate surface area is 181 Å². The number of benzene rings is 3. The average Bonchev–Trinajstić information content (AvgIpc) is 2.78. The molecule has 0 spiro atoms. The molecule has 0 aliphatic carbocycles. The minimum Gasteiger partial charge on any atom is -0.490 e. The number of rotatable bonds is 9. The topological polar surface area (TPSA) is 71.1 Å². The molecule has 0 aliphatic rings. The lowest BCUT2D eigenvalue weighted by Gasteiger charge is -2.10. The van der Waals surface area contributed by atoms with Gasteiger partial charge < -0.3 is 18.9 Å². The summed E-state index contributed by atoms with van der Waals surface area (Å²) in [6, 6.07) is 21.2. The molecule has 6 nitrogen and oxygen atoms in total. The lowest BCUT2D eigenvalue weighted by Crippen LogP contribution is -2.18. The van der Waals surface area contributed by atoms with E-state index in [4.69, 9.17) is 18.9 Å². The van der Waals surface area contributed by atoms with Crippen molar-refractivity contribution in [3.8, 4) is 17.2 Å². The maximum Gasteiger partial charge on any atom is 0.349 e. The van der Waals surface area contributed by atoms with Crippen molar-refractivity contribution in [3.63, 3.8) is 0 Å². The largest absolute Gasteiger partial charge is 0.490 e. The number of hydrogen-bond acceptors (Lipinski definition) is 6. The van der Waals surface area contributed by atoms with Crippen molar-refractivity contribution < 1.29 is 28.5 Å². The molecule has 31 heavy (non-hydrogen) atoms. The molecule has 3 aromatic rings. The number of ether oxygens (including phenoxy) is 4. The Morgan fingerprint density at radius 1 is 0.774 bits per heavy atom. The van der Waals surface area contributed by atoms with Gasteiger partial charge in [-0.25, -0.2) is 9.59 Å². The van der Waals surface area contributed by atoms with Gasteiger partial charge in [-0.05, 0) is 67.4 Å². The van der Waals surface area contributed by atoms with Gasteiger partial charge in [0.05, 0.1) is 5.56 Å². The van der Waals surface area contributed by atoms with Crippen LogP contribution in [0.1, 0.15) is 21.5 Å². The van der Waals surface area contributed by atoms with Gasteiger partial charge in [-0.3, -0.25) is 0 Å². The summed E-state index contributed by atoms with van der Waals surface area (Å²) < 4.78 is 21.5. The summed E-state index contributed by atoms with van der Waals surface area (Å²) in [5.74, 6) is 0.665. The van der Waals surface area contributed by atoms with Gasteiger partial charge in [0.25, 0.3) is 0 Å². The molecule has 0 heterocycles. The molecule has 3 aromatic carbocycles. The summed E-state index contributed by atoms with van der Waals surface area (Å²) in [5, 5.41) is 0. The first-order valence-corrected chi connectivity index (χ1v) is 9.87. The molecule has 0 radical (unpaired) electrons. The summed E-state index contributed by atoms with van der Waals surface area (Å²) in [6.45, 7) is 4.03. The monoisotopic (exact) mass is 420 g/mol. The van der Waals surface area contributed by atoms with Gasteiger partial charge in [0, 0.05) is 0 Å². The molecular weight excluding hydrogens is 396 g/mol. The van der Waals surface area contributed by atoms with E-state index < -0.39 is 11.9 Å². The molecule has 0 bridgehead atoms. The average molecular weight is 420 g/mol. The van der Waals surface area contributed by atoms with E-state index in [1.807, 2.05) is 62.4 Å². The Kier molecular flexibility index (Phi) is 7.65. The number of esters is 2. The fourth-order valence-electron chi connectivity index (χ4n) is 2.71. The molecule has 0 saturated heterocycles. The first-order chi connectivity index (χ1) is 15.0. The summed E-state index contributed by atoms with van der Waals surface area (Å²) >= 11 is 0. The van der Waals surface area contributed by atoms with E-state index in [1.54, 1.807) is 0 Å². The highest BCUT2D eigenvalue weighted by atomic mass is 16.6. The molecule has 0 atom stereocenters. The van der Waals surface area contributed by atoms with E-state index in [0.717, 1.165) is 11.1 Å². The van der Waals surface area contributed by atoms with Crippen LogP contribution in [0, 0.1) is 13.8 Å². The Morgan fingerprint density at radius 2 is 1.52 bits per heavy atom. The number of carbonyl (C=O) groups is 2. The van der Waals surface area contributed by atoms with Crippen LogP contribution in [-0.2, 0) is 9.53 Å². The maximum absolute atomic E-state index is 12.1. The third kappa shape index (κ3) is 6.89. The number of para-hydroxylation sites is 1. The molecule has 0 fully saturated rings. The lowest BCUT2D eigenvalue weighted by molar-refractivity contribution is -0.136. The summed E-state index contributed by atoms with van der Waals surface area (Å²) in [4.78, 5) is 24.1. The fraction of sp³-hybridized carbons (Fsp3) is 0.200. The standard InChI is InChI=1S/C25H24O6/c1-18-8-9-19(2)23(16-18)30-17-24(26)31-22-12-10-20(11-13-22)25(27)29-15-14-28-21-6-4-3-5-7-21/h3-13,16H,14-15,17H2,1-2H3. The molecule has 3 rings (SSSR count). The highest BCUT2D eigenvalue weighted by molar-refractivity contribution is 5.89. The van der Waals surface area contributed by atoms with E-state index in [0.29, 0.717) is 22.8 Å². The molecule has 0 saturated carbocycles. The van der Waals surface area contributed by atoms with Crippen LogP contribution in [0.2, 0.25) is 0 Å². The van der Waals surface area contributed by atoms with E-state index in [-0.39, 0.29) is 19.8 Å². The highest BCUT2D eigenvalue weighted by Crippen LogP contribution is 2.19. The highest BCUT2D eigenvalue weighted by Gasteiger charge is 2.11. The number of hydrogen-bond donors (Lipinski definition) is 0. The van der Waals surface area contributed by atoms with Crippen molar-refractivity contribution in [2.24, 2.45) is 0 Å². The van der Waals surface area contributed by atoms with Gasteiger partial charge in [0.2, 0.25) is 0 Å². The van der Waals surface area contributed by atoms with Crippen molar-refractivity contribution in [2.75, 3.05) is 19.8 Å². The molecule has 0 amide bonds. The van der Waals surface area contributed by atoms with Crippen molar-refractivity contribution in [1.82, 2.24) is 0 Å². The Balaban J connectivity index is 1.42. The molecular formula is C25H24O6. The lowest BCUT2D eigenvalue weighted by atomic mass is 10.1. The van der Waals surface area contributed by atoms with Crippen LogP contribution in [-0.4, -0.2) is 31.8 Å². The molecule has 0 aliphatic heterocycles. The second-order valence-electron chi connectivity index (χ2n) is 6.85. The van der Waals surface area contributed by atoms with Crippen LogP contribution < -0.4 is 14.2 Å². The maximum atomic E-state index is 12.1. The van der Waals surface area contributed by atoms with E-state index >= 15 is 0 Å². The predicted molar refractivity (Wildman–Crippen MR) is 116 cm³/mol. The summed E-state index contributed by atoms with van der Waals surface area (Å²) in [5.41, 5.74) is 2.34. The van der Waals surface area contributed by atoms with Crippen LogP contribution in [0.15, 0.2) is 72.8 Å². The molecule has 0 aromatic heterocycles. The quantitative estimate of drug-likeness (QED) is 0.288. The zero-order valence-electron chi connectivity index (χ0n) is 17.5. The number of carbonyl (C=O) groups excluding carboxylic acids is 2. The van der Waals surface area contributed by atoms with Crippen LogP contribution in [0.3, 0.4) is 0 Å². The van der Waals surface area contributed by atoms with E-state index in [2.05, 4.69) is 0 Å². The van der Waals surface area contributed by atoms with Crippen molar-refractivity contribution in [2.45, 2.75) is 13.8 Å². The van der Waals surface area contributed by atoms with Crippen LogP contribution in [0.25, 0.3) is 0 Å². The third-order valence-electron chi connectivity index (χ3n) is 4.34. The predicted octanol–water partition coefficient (Wildman–Crippen LogP) is 4.52. The van der Waals surface area contributed by atoms with Gasteiger partial charge in [-0.15, -0.1) is 0 Å². The Hall–Kier alpha value is -3.80. The van der Waals surface area contributed by atoms with Gasteiger partial charge in [-0.2, -0.15) is 0 Å². The minimum absolute atomic E-state index is 0.125. The van der Waals surface area contributed by atoms with Crippen LogP contribution in [0.5, 0.6) is 17.2 Å². The third-order valence-corrected chi connectivity index (χ3v) is 4.34. The van der Waals surface area contributed by atoms with Crippen LogP contribution in [0.4, 0.5) is 0 Å². The smallest absolute Gasteiger partial charge is 0.349 e. The number of aryl methyl sites for hydroxylation is 2. The SMILES string of the molecule is Cc1ccc(C)c(OCC(=O)Oc2ccc(C(=O)OCCOc3ccccc3)cc2)c1. The van der Waals surface area contributed by atoms with E-state index in [9.17, 15) is 9.59 Å². The molecule has 0 N–H and O–H groups in total. The van der Waals surface area contributed by atoms with Gasteiger partial charge in [0.15, 0.2) is 6.61 Å². The minimum atomic E-state index is -0.533. The summed E-state index contributed by atoms with van der Waals surface area (Å²) in [6.07, 6.45) is 0. The Bertz CT molecular complexity index is 1010.